The number of ether oxygens (including phenoxy) is 2. The molecule has 1 heterocycles. The van der Waals surface area contributed by atoms with Gasteiger partial charge in [0, 0.05) is 25.6 Å². The maximum absolute atomic E-state index is 13.1. The number of hydrogen-bond acceptors (Lipinski definition) is 7. The maximum atomic E-state index is 13.1. The van der Waals surface area contributed by atoms with Crippen molar-refractivity contribution in [1.29, 1.82) is 0 Å². The average Bonchev–Trinajstić information content (AvgIpc) is 3.03. The van der Waals surface area contributed by atoms with E-state index in [1.807, 2.05) is 32.8 Å². The molecule has 0 spiro atoms. The summed E-state index contributed by atoms with van der Waals surface area (Å²) in [5.41, 5.74) is 1.75. The van der Waals surface area contributed by atoms with Crippen molar-refractivity contribution in [2.24, 2.45) is 0 Å². The Morgan fingerprint density at radius 2 is 1.88 bits per heavy atom. The van der Waals surface area contributed by atoms with Gasteiger partial charge in [0.15, 0.2) is 0 Å². The summed E-state index contributed by atoms with van der Waals surface area (Å²) in [6.07, 6.45) is 0. The molecule has 3 rings (SSSR count). The molecule has 34 heavy (non-hydrogen) atoms. The maximum Gasteiger partial charge on any atom is 0.308 e. The van der Waals surface area contributed by atoms with Crippen molar-refractivity contribution in [2.75, 3.05) is 33.8 Å². The Bertz CT molecular complexity index is 1140. The number of nitrogens with zero attached hydrogens (tertiary/aromatic N) is 2. The normalized spacial score (nSPS) is 17.4. The Morgan fingerprint density at radius 3 is 2.50 bits per heavy atom. The van der Waals surface area contributed by atoms with E-state index in [4.69, 9.17) is 9.47 Å². The zero-order valence-electron chi connectivity index (χ0n) is 20.1. The largest absolute Gasteiger partial charge is 0.507 e. The number of carbonyl (C=O) groups excluding carboxylic acids is 3. The molecule has 1 amide bonds. The third kappa shape index (κ3) is 5.28. The number of ketones is 1. The monoisotopic (exact) mass is 466 g/mol. The number of carbonyl (C=O) groups is 3. The second kappa shape index (κ2) is 10.5. The van der Waals surface area contributed by atoms with Gasteiger partial charge in [-0.15, -0.1) is 0 Å². The highest BCUT2D eigenvalue weighted by Gasteiger charge is 2.46. The van der Waals surface area contributed by atoms with Crippen molar-refractivity contribution < 1.29 is 29.0 Å². The summed E-state index contributed by atoms with van der Waals surface area (Å²) in [5, 5.41) is 11.2. The van der Waals surface area contributed by atoms with Gasteiger partial charge in [0.05, 0.1) is 18.2 Å². The molecule has 2 aromatic carbocycles. The molecule has 0 radical (unpaired) electrons. The van der Waals surface area contributed by atoms with Gasteiger partial charge in [0.1, 0.15) is 17.3 Å². The van der Waals surface area contributed by atoms with E-state index >= 15 is 0 Å². The van der Waals surface area contributed by atoms with E-state index in [0.29, 0.717) is 35.8 Å². The highest BCUT2D eigenvalue weighted by atomic mass is 16.5. The van der Waals surface area contributed by atoms with Crippen LogP contribution in [0.3, 0.4) is 0 Å². The van der Waals surface area contributed by atoms with Crippen molar-refractivity contribution in [3.63, 3.8) is 0 Å². The van der Waals surface area contributed by atoms with Gasteiger partial charge in [-0.3, -0.25) is 14.4 Å². The molecule has 0 aromatic heterocycles. The van der Waals surface area contributed by atoms with Crippen molar-refractivity contribution >= 4 is 23.4 Å². The van der Waals surface area contributed by atoms with Crippen molar-refractivity contribution in [3.8, 4) is 11.5 Å². The average molecular weight is 467 g/mol. The van der Waals surface area contributed by atoms with Crippen LogP contribution in [0.2, 0.25) is 0 Å². The van der Waals surface area contributed by atoms with E-state index in [-0.39, 0.29) is 17.9 Å². The van der Waals surface area contributed by atoms with Crippen molar-refractivity contribution in [3.05, 3.63) is 64.7 Å². The molecule has 1 atom stereocenters. The Morgan fingerprint density at radius 1 is 1.15 bits per heavy atom. The quantitative estimate of drug-likeness (QED) is 0.210. The molecule has 8 nitrogen and oxygen atoms in total. The lowest BCUT2D eigenvalue weighted by molar-refractivity contribution is -0.140. The van der Waals surface area contributed by atoms with Crippen LogP contribution < -0.4 is 9.47 Å². The Balaban J connectivity index is 2.15. The number of aliphatic hydroxyl groups is 1. The van der Waals surface area contributed by atoms with E-state index < -0.39 is 23.7 Å². The van der Waals surface area contributed by atoms with E-state index in [1.54, 1.807) is 42.5 Å². The number of benzene rings is 2. The lowest BCUT2D eigenvalue weighted by Crippen LogP contribution is -2.35. The minimum Gasteiger partial charge on any atom is -0.507 e. The van der Waals surface area contributed by atoms with Gasteiger partial charge < -0.3 is 24.4 Å². The Kier molecular flexibility index (Phi) is 7.73. The molecule has 0 bridgehead atoms. The molecule has 2 aromatic rings. The summed E-state index contributed by atoms with van der Waals surface area (Å²) in [6.45, 7) is 6.32. The predicted molar refractivity (Wildman–Crippen MR) is 128 cm³/mol. The number of likely N-dealkylation sites (tertiary alicyclic amines) is 1. The van der Waals surface area contributed by atoms with Crippen LogP contribution in [0.1, 0.15) is 36.6 Å². The summed E-state index contributed by atoms with van der Waals surface area (Å²) < 4.78 is 10.8. The fraction of sp³-hybridized carbons (Fsp3) is 0.346. The molecule has 1 aliphatic heterocycles. The fourth-order valence-corrected chi connectivity index (χ4v) is 3.95. The number of likely N-dealkylation sites (N-methyl/N-ethyl adjacent to an activating group) is 1. The second-order valence-corrected chi connectivity index (χ2v) is 8.38. The van der Waals surface area contributed by atoms with Gasteiger partial charge in [-0.2, -0.15) is 0 Å². The van der Waals surface area contributed by atoms with Crippen molar-refractivity contribution in [1.82, 2.24) is 9.80 Å². The minimum atomic E-state index is -0.831. The predicted octanol–water partition coefficient (Wildman–Crippen LogP) is 3.30. The van der Waals surface area contributed by atoms with Gasteiger partial charge in [0.2, 0.25) is 0 Å². The first-order valence-corrected chi connectivity index (χ1v) is 11.1. The van der Waals surface area contributed by atoms with E-state index in [9.17, 15) is 19.5 Å². The van der Waals surface area contributed by atoms with Crippen LogP contribution in [0.5, 0.6) is 11.5 Å². The Labute approximate surface area is 199 Å². The molecule has 1 saturated heterocycles. The molecule has 0 aliphatic carbocycles. The van der Waals surface area contributed by atoms with E-state index in [1.165, 1.54) is 11.8 Å². The van der Waals surface area contributed by atoms with Gasteiger partial charge in [-0.05, 0) is 69.4 Å². The first-order chi connectivity index (χ1) is 16.1. The number of hydrogen-bond donors (Lipinski definition) is 1. The smallest absolute Gasteiger partial charge is 0.308 e. The first-order valence-electron chi connectivity index (χ1n) is 11.1. The van der Waals surface area contributed by atoms with Gasteiger partial charge >= 0.3 is 5.97 Å². The lowest BCUT2D eigenvalue weighted by Gasteiger charge is -2.26. The SMILES string of the molecule is CCOc1ccc(/C(O)=C2\C(=O)C(=O)N(CCN(C)C)C2c2cccc(OC(C)=O)c2)cc1C. The van der Waals surface area contributed by atoms with Gasteiger partial charge in [-0.25, -0.2) is 0 Å². The summed E-state index contributed by atoms with van der Waals surface area (Å²) in [5.74, 6) is -1.22. The number of Topliss-reactive ketones (excluding diaryl/α,β-unsaturated/α-hetero) is 1. The highest BCUT2D eigenvalue weighted by molar-refractivity contribution is 6.46. The number of aryl methyl sites for hydroxylation is 1. The summed E-state index contributed by atoms with van der Waals surface area (Å²) >= 11 is 0. The van der Waals surface area contributed by atoms with Gasteiger partial charge in [-0.1, -0.05) is 12.1 Å². The zero-order chi connectivity index (χ0) is 25.0. The van der Waals surface area contributed by atoms with Crippen LogP contribution in [0.15, 0.2) is 48.0 Å². The van der Waals surface area contributed by atoms with E-state index in [2.05, 4.69) is 0 Å². The second-order valence-electron chi connectivity index (χ2n) is 8.38. The summed E-state index contributed by atoms with van der Waals surface area (Å²) in [6, 6.07) is 10.9. The fourth-order valence-electron chi connectivity index (χ4n) is 3.95. The molecule has 1 fully saturated rings. The molecule has 1 aliphatic rings. The first kappa shape index (κ1) is 25.0. The summed E-state index contributed by atoms with van der Waals surface area (Å²) in [7, 11) is 3.74. The number of esters is 1. The minimum absolute atomic E-state index is 0.00714. The standard InChI is InChI=1S/C26H30N2O6/c1-6-33-21-11-10-19(14-16(21)2)24(30)22-23(18-8-7-9-20(15-18)34-17(3)29)28(13-12-27(4)5)26(32)25(22)31/h7-11,14-15,23,30H,6,12-13H2,1-5H3/b24-22+. The molecular formula is C26H30N2O6. The van der Waals surface area contributed by atoms with Crippen molar-refractivity contribution in [2.45, 2.75) is 26.8 Å². The highest BCUT2D eigenvalue weighted by Crippen LogP contribution is 2.40. The molecule has 0 saturated carbocycles. The zero-order valence-corrected chi connectivity index (χ0v) is 20.1. The topological polar surface area (TPSA) is 96.4 Å². The van der Waals surface area contributed by atoms with Crippen LogP contribution in [0, 0.1) is 6.92 Å². The van der Waals surface area contributed by atoms with Crippen LogP contribution in [0.25, 0.3) is 5.76 Å². The molecular weight excluding hydrogens is 436 g/mol. The molecule has 1 N–H and O–H groups in total. The van der Waals surface area contributed by atoms with Gasteiger partial charge in [0.25, 0.3) is 11.7 Å². The van der Waals surface area contributed by atoms with E-state index in [0.717, 1.165) is 5.56 Å². The Hall–Kier alpha value is -3.65. The van der Waals surface area contributed by atoms with Crippen LogP contribution in [0.4, 0.5) is 0 Å². The van der Waals surface area contributed by atoms with Crippen LogP contribution in [-0.2, 0) is 14.4 Å². The van der Waals surface area contributed by atoms with Crippen LogP contribution in [-0.4, -0.2) is 66.4 Å². The molecule has 180 valence electrons. The number of amides is 1. The third-order valence-corrected chi connectivity index (χ3v) is 5.51. The number of rotatable bonds is 8. The lowest BCUT2D eigenvalue weighted by atomic mass is 9.94. The molecule has 8 heteroatoms. The van der Waals surface area contributed by atoms with Crippen LogP contribution >= 0.6 is 0 Å². The summed E-state index contributed by atoms with van der Waals surface area (Å²) in [4.78, 5) is 41.0. The number of aliphatic hydroxyl groups excluding tert-OH is 1. The molecule has 1 unspecified atom stereocenters. The third-order valence-electron chi connectivity index (χ3n) is 5.51.